The van der Waals surface area contributed by atoms with Crippen molar-refractivity contribution in [2.24, 2.45) is 5.92 Å². The number of anilines is 1. The number of aryl methyl sites for hydroxylation is 1. The third-order valence-electron chi connectivity index (χ3n) is 5.81. The minimum atomic E-state index is -3.60. The second-order valence-electron chi connectivity index (χ2n) is 8.39. The summed E-state index contributed by atoms with van der Waals surface area (Å²) in [5.41, 5.74) is 1.99. The van der Waals surface area contributed by atoms with Crippen LogP contribution < -0.4 is 4.31 Å². The van der Waals surface area contributed by atoms with Crippen molar-refractivity contribution in [3.8, 4) is 0 Å². The maximum atomic E-state index is 13.6. The number of piperidine rings is 1. The van der Waals surface area contributed by atoms with E-state index in [1.807, 2.05) is 30.3 Å². The van der Waals surface area contributed by atoms with Gasteiger partial charge in [0.25, 0.3) is 10.0 Å². The third-order valence-corrected chi connectivity index (χ3v) is 7.71. The summed E-state index contributed by atoms with van der Waals surface area (Å²) >= 11 is 0. The zero-order chi connectivity index (χ0) is 20.9. The zero-order valence-electron chi connectivity index (χ0n) is 17.9. The monoisotopic (exact) mass is 414 g/mol. The third kappa shape index (κ3) is 5.40. The van der Waals surface area contributed by atoms with E-state index >= 15 is 0 Å². The molecule has 2 aromatic rings. The molecule has 29 heavy (non-hydrogen) atoms. The van der Waals surface area contributed by atoms with Crippen LogP contribution in [0.5, 0.6) is 0 Å². The molecule has 5 heteroatoms. The highest BCUT2D eigenvalue weighted by Gasteiger charge is 2.34. The van der Waals surface area contributed by atoms with Crippen molar-refractivity contribution >= 4 is 15.7 Å². The van der Waals surface area contributed by atoms with Gasteiger partial charge in [-0.05, 0) is 68.0 Å². The number of rotatable bonds is 8. The van der Waals surface area contributed by atoms with Crippen LogP contribution in [0, 0.1) is 5.92 Å². The molecule has 0 radical (unpaired) electrons. The summed E-state index contributed by atoms with van der Waals surface area (Å²) in [5, 5.41) is 0. The van der Waals surface area contributed by atoms with Crippen LogP contribution in [0.1, 0.15) is 45.6 Å². The molecule has 0 unspecified atom stereocenters. The highest BCUT2D eigenvalue weighted by Crippen LogP contribution is 2.31. The van der Waals surface area contributed by atoms with E-state index in [1.165, 1.54) is 12.0 Å². The van der Waals surface area contributed by atoms with E-state index in [0.717, 1.165) is 44.6 Å². The lowest BCUT2D eigenvalue weighted by Crippen LogP contribution is -2.47. The lowest BCUT2D eigenvalue weighted by Gasteiger charge is -2.39. The van der Waals surface area contributed by atoms with Crippen molar-refractivity contribution in [2.75, 3.05) is 23.9 Å². The molecular formula is C24H34N2O2S. The fourth-order valence-electron chi connectivity index (χ4n) is 3.95. The van der Waals surface area contributed by atoms with E-state index < -0.39 is 10.0 Å². The lowest BCUT2D eigenvalue weighted by atomic mass is 10.0. The molecule has 0 N–H and O–H groups in total. The van der Waals surface area contributed by atoms with Crippen molar-refractivity contribution in [2.45, 2.75) is 57.4 Å². The Hall–Kier alpha value is -1.85. The van der Waals surface area contributed by atoms with Crippen molar-refractivity contribution in [1.29, 1.82) is 0 Å². The molecule has 158 valence electrons. The molecule has 1 aliphatic rings. The maximum absolute atomic E-state index is 13.6. The number of nitrogens with zero attached hydrogens (tertiary/aromatic N) is 2. The predicted molar refractivity (Wildman–Crippen MR) is 121 cm³/mol. The van der Waals surface area contributed by atoms with Crippen LogP contribution in [0.4, 0.5) is 5.69 Å². The van der Waals surface area contributed by atoms with E-state index in [4.69, 9.17) is 0 Å². The van der Waals surface area contributed by atoms with Crippen molar-refractivity contribution in [3.05, 3.63) is 60.2 Å². The quantitative estimate of drug-likeness (QED) is 0.613. The Morgan fingerprint density at radius 1 is 1.00 bits per heavy atom. The molecule has 0 aromatic heterocycles. The molecule has 4 nitrogen and oxygen atoms in total. The summed E-state index contributed by atoms with van der Waals surface area (Å²) in [5.74, 6) is 0.694. The molecule has 1 heterocycles. The zero-order valence-corrected chi connectivity index (χ0v) is 18.7. The molecule has 1 saturated heterocycles. The summed E-state index contributed by atoms with van der Waals surface area (Å²) in [6.45, 7) is 9.61. The first kappa shape index (κ1) is 21.8. The van der Waals surface area contributed by atoms with Crippen molar-refractivity contribution in [1.82, 2.24) is 4.90 Å². The Morgan fingerprint density at radius 3 is 2.17 bits per heavy atom. The van der Waals surface area contributed by atoms with E-state index in [0.29, 0.717) is 10.8 Å². The maximum Gasteiger partial charge on any atom is 0.264 e. The van der Waals surface area contributed by atoms with E-state index in [2.05, 4.69) is 25.7 Å². The number of hydrogen-bond donors (Lipinski definition) is 0. The first-order valence-corrected chi connectivity index (χ1v) is 12.3. The van der Waals surface area contributed by atoms with E-state index in [9.17, 15) is 8.42 Å². The molecule has 1 fully saturated rings. The fraction of sp³-hybridized carbons (Fsp3) is 0.500. The largest absolute Gasteiger partial charge is 0.303 e. The van der Waals surface area contributed by atoms with Crippen LogP contribution in [0.15, 0.2) is 59.5 Å². The lowest BCUT2D eigenvalue weighted by molar-refractivity contribution is 0.204. The van der Waals surface area contributed by atoms with Gasteiger partial charge >= 0.3 is 0 Å². The van der Waals surface area contributed by atoms with Gasteiger partial charge in [0, 0.05) is 19.1 Å². The Balaban J connectivity index is 1.86. The first-order chi connectivity index (χ1) is 13.9. The van der Waals surface area contributed by atoms with Gasteiger partial charge in [-0.15, -0.1) is 0 Å². The van der Waals surface area contributed by atoms with Gasteiger partial charge in [-0.3, -0.25) is 4.31 Å². The second kappa shape index (κ2) is 9.77. The normalized spacial score (nSPS) is 16.3. The number of sulfonamides is 1. The van der Waals surface area contributed by atoms with Gasteiger partial charge in [0.15, 0.2) is 0 Å². The Morgan fingerprint density at radius 2 is 1.62 bits per heavy atom. The molecule has 0 aliphatic carbocycles. The molecule has 2 aromatic carbocycles. The highest BCUT2D eigenvalue weighted by molar-refractivity contribution is 7.92. The second-order valence-corrected chi connectivity index (χ2v) is 10.2. The van der Waals surface area contributed by atoms with Gasteiger partial charge in [-0.1, -0.05) is 51.1 Å². The Bertz CT molecular complexity index is 856. The molecule has 0 saturated carbocycles. The molecule has 0 spiro atoms. The Labute approximate surface area is 176 Å². The van der Waals surface area contributed by atoms with Crippen LogP contribution in [0.2, 0.25) is 0 Å². The molecule has 0 amide bonds. The SMILES string of the molecule is CCc1ccc(N(C2CCN(CCC(C)C)CC2)S(=O)(=O)c2ccccc2)cc1. The van der Waals surface area contributed by atoms with Crippen LogP contribution in [-0.2, 0) is 16.4 Å². The van der Waals surface area contributed by atoms with Gasteiger partial charge in [0.1, 0.15) is 0 Å². The van der Waals surface area contributed by atoms with Gasteiger partial charge in [0.05, 0.1) is 10.6 Å². The average Bonchev–Trinajstić information content (AvgIpc) is 2.74. The minimum Gasteiger partial charge on any atom is -0.303 e. The van der Waals surface area contributed by atoms with Gasteiger partial charge in [-0.2, -0.15) is 0 Å². The standard InChI is InChI=1S/C24H34N2O2S/c1-4-21-10-12-22(13-11-21)26(29(27,28)24-8-6-5-7-9-24)23-15-18-25(19-16-23)17-14-20(2)3/h5-13,20,23H,4,14-19H2,1-3H3. The number of hydrogen-bond acceptors (Lipinski definition) is 3. The average molecular weight is 415 g/mol. The molecule has 0 bridgehead atoms. The summed E-state index contributed by atoms with van der Waals surface area (Å²) in [6, 6.07) is 16.8. The van der Waals surface area contributed by atoms with Crippen LogP contribution in [0.3, 0.4) is 0 Å². The summed E-state index contributed by atoms with van der Waals surface area (Å²) < 4.78 is 28.9. The van der Waals surface area contributed by atoms with Crippen LogP contribution in [0.25, 0.3) is 0 Å². The van der Waals surface area contributed by atoms with Crippen LogP contribution >= 0.6 is 0 Å². The molecular weight excluding hydrogens is 380 g/mol. The summed E-state index contributed by atoms with van der Waals surface area (Å²) in [7, 11) is -3.60. The van der Waals surface area contributed by atoms with Gasteiger partial charge in [0.2, 0.25) is 0 Å². The number of benzene rings is 2. The van der Waals surface area contributed by atoms with Gasteiger partial charge in [-0.25, -0.2) is 8.42 Å². The van der Waals surface area contributed by atoms with E-state index in [1.54, 1.807) is 28.6 Å². The number of likely N-dealkylation sites (tertiary alicyclic amines) is 1. The highest BCUT2D eigenvalue weighted by atomic mass is 32.2. The van der Waals surface area contributed by atoms with E-state index in [-0.39, 0.29) is 6.04 Å². The first-order valence-electron chi connectivity index (χ1n) is 10.8. The van der Waals surface area contributed by atoms with Crippen molar-refractivity contribution < 1.29 is 8.42 Å². The summed E-state index contributed by atoms with van der Waals surface area (Å²) in [6.07, 6.45) is 3.86. The van der Waals surface area contributed by atoms with Gasteiger partial charge < -0.3 is 4.90 Å². The topological polar surface area (TPSA) is 40.6 Å². The minimum absolute atomic E-state index is 0.0111. The summed E-state index contributed by atoms with van der Waals surface area (Å²) in [4.78, 5) is 2.84. The molecule has 1 aliphatic heterocycles. The molecule has 0 atom stereocenters. The smallest absolute Gasteiger partial charge is 0.264 e. The Kier molecular flexibility index (Phi) is 7.36. The molecule has 3 rings (SSSR count). The van der Waals surface area contributed by atoms with Crippen molar-refractivity contribution in [3.63, 3.8) is 0 Å². The fourth-order valence-corrected chi connectivity index (χ4v) is 5.68. The predicted octanol–water partition coefficient (Wildman–Crippen LogP) is 4.95. The van der Waals surface area contributed by atoms with Crippen LogP contribution in [-0.4, -0.2) is 39.0 Å².